The summed E-state index contributed by atoms with van der Waals surface area (Å²) < 4.78 is 69.2. The highest BCUT2D eigenvalue weighted by molar-refractivity contribution is 6.68. The van der Waals surface area contributed by atoms with Gasteiger partial charge in [-0.3, -0.25) is 0 Å². The Labute approximate surface area is 83.2 Å². The summed E-state index contributed by atoms with van der Waals surface area (Å²) in [6, 6.07) is 0. The Balaban J connectivity index is 4.73. The van der Waals surface area contributed by atoms with E-state index >= 15 is 0 Å². The van der Waals surface area contributed by atoms with Crippen molar-refractivity contribution in [2.45, 2.75) is 12.4 Å². The van der Waals surface area contributed by atoms with E-state index in [1.54, 1.807) is 0 Å². The van der Waals surface area contributed by atoms with Gasteiger partial charge in [0.25, 0.3) is 0 Å². The van der Waals surface area contributed by atoms with Crippen LogP contribution in [0.3, 0.4) is 0 Å². The zero-order chi connectivity index (χ0) is 11.6. The van der Waals surface area contributed by atoms with Crippen LogP contribution in [-0.2, 0) is 0 Å². The van der Waals surface area contributed by atoms with Gasteiger partial charge >= 0.3 is 12.4 Å². The Morgan fingerprint density at radius 1 is 0.714 bits per heavy atom. The molecule has 0 aliphatic heterocycles. The second-order valence-electron chi connectivity index (χ2n) is 1.78. The molecular formula is C4Cl2F6N2. The predicted octanol–water partition coefficient (Wildman–Crippen LogP) is 3.30. The number of nitrogens with zero attached hydrogens (tertiary/aromatic N) is 2. The molecule has 0 rings (SSSR count). The van der Waals surface area contributed by atoms with Crippen molar-refractivity contribution in [2.75, 3.05) is 0 Å². The lowest BCUT2D eigenvalue weighted by molar-refractivity contribution is -0.0583. The van der Waals surface area contributed by atoms with Crippen LogP contribution in [-0.4, -0.2) is 22.7 Å². The Morgan fingerprint density at radius 3 is 1.07 bits per heavy atom. The van der Waals surface area contributed by atoms with Crippen molar-refractivity contribution < 1.29 is 26.3 Å². The Bertz CT molecular complexity index is 236. The van der Waals surface area contributed by atoms with Gasteiger partial charge in [-0.15, -0.1) is 10.2 Å². The second kappa shape index (κ2) is 4.35. The first-order valence-corrected chi connectivity index (χ1v) is 3.42. The van der Waals surface area contributed by atoms with E-state index in [2.05, 4.69) is 33.4 Å². The molecule has 0 amide bonds. The third kappa shape index (κ3) is 4.66. The van der Waals surface area contributed by atoms with Crippen LogP contribution >= 0.6 is 23.2 Å². The largest absolute Gasteiger partial charge is 0.446 e. The van der Waals surface area contributed by atoms with Gasteiger partial charge in [-0.1, -0.05) is 23.2 Å². The maximum atomic E-state index is 11.5. The first-order chi connectivity index (χ1) is 6.05. The second-order valence-corrected chi connectivity index (χ2v) is 2.49. The van der Waals surface area contributed by atoms with Crippen LogP contribution in [0, 0.1) is 0 Å². The zero-order valence-corrected chi connectivity index (χ0v) is 7.43. The summed E-state index contributed by atoms with van der Waals surface area (Å²) in [6.07, 6.45) is -10.1. The number of rotatable bonds is 1. The molecule has 0 saturated heterocycles. The van der Waals surface area contributed by atoms with E-state index in [9.17, 15) is 26.3 Å². The molecule has 0 aromatic heterocycles. The fourth-order valence-corrected chi connectivity index (χ4v) is 0.277. The van der Waals surface area contributed by atoms with Gasteiger partial charge < -0.3 is 0 Å². The molecule has 0 radical (unpaired) electrons. The summed E-state index contributed by atoms with van der Waals surface area (Å²) >= 11 is 8.89. The summed E-state index contributed by atoms with van der Waals surface area (Å²) in [6.45, 7) is 0. The summed E-state index contributed by atoms with van der Waals surface area (Å²) in [7, 11) is 0. The van der Waals surface area contributed by atoms with E-state index in [0.29, 0.717) is 0 Å². The molecule has 2 nitrogen and oxygen atoms in total. The van der Waals surface area contributed by atoms with Gasteiger partial charge in [0.05, 0.1) is 0 Å². The van der Waals surface area contributed by atoms with Crippen molar-refractivity contribution >= 4 is 33.5 Å². The van der Waals surface area contributed by atoms with Gasteiger partial charge in [0.2, 0.25) is 10.3 Å². The molecule has 0 fully saturated rings. The van der Waals surface area contributed by atoms with E-state index in [1.165, 1.54) is 0 Å². The number of hydrogen-bond donors (Lipinski definition) is 0. The van der Waals surface area contributed by atoms with E-state index in [0.717, 1.165) is 0 Å². The van der Waals surface area contributed by atoms with E-state index in [-0.39, 0.29) is 0 Å². The van der Waals surface area contributed by atoms with Crippen LogP contribution in [0.25, 0.3) is 0 Å². The fourth-order valence-electron chi connectivity index (χ4n) is 0.201. The highest BCUT2D eigenvalue weighted by Gasteiger charge is 2.37. The predicted molar refractivity (Wildman–Crippen MR) is 38.7 cm³/mol. The number of halogens is 8. The average molecular weight is 261 g/mol. The monoisotopic (exact) mass is 260 g/mol. The fraction of sp³-hybridized carbons (Fsp3) is 0.500. The Kier molecular flexibility index (Phi) is 4.19. The van der Waals surface area contributed by atoms with Gasteiger partial charge in [0.15, 0.2) is 0 Å². The highest BCUT2D eigenvalue weighted by Crippen LogP contribution is 2.22. The van der Waals surface area contributed by atoms with Crippen molar-refractivity contribution in [1.82, 2.24) is 0 Å². The molecule has 0 aromatic carbocycles. The zero-order valence-electron chi connectivity index (χ0n) is 5.92. The molecule has 0 saturated carbocycles. The molecule has 0 aliphatic carbocycles. The maximum Gasteiger partial charge on any atom is 0.446 e. The molecule has 0 aromatic rings. The van der Waals surface area contributed by atoms with E-state index < -0.39 is 22.7 Å². The minimum Gasteiger partial charge on any atom is -0.164 e. The average Bonchev–Trinajstić information content (AvgIpc) is 1.95. The molecule has 0 spiro atoms. The standard InChI is InChI=1S/C4Cl2F6N2/c5-1(3(7,8)9)13-14-2(6)4(10,11)12/b13-1+,14-2+. The normalized spacial score (nSPS) is 16.0. The summed E-state index contributed by atoms with van der Waals surface area (Å²) in [5.41, 5.74) is 0. The highest BCUT2D eigenvalue weighted by atomic mass is 35.5. The molecule has 10 heteroatoms. The van der Waals surface area contributed by atoms with Crippen molar-refractivity contribution in [2.24, 2.45) is 10.2 Å². The number of alkyl halides is 6. The van der Waals surface area contributed by atoms with Crippen LogP contribution in [0.15, 0.2) is 10.2 Å². The third-order valence-electron chi connectivity index (χ3n) is 0.693. The van der Waals surface area contributed by atoms with Gasteiger partial charge in [-0.25, -0.2) is 0 Å². The smallest absolute Gasteiger partial charge is 0.164 e. The van der Waals surface area contributed by atoms with Crippen LogP contribution in [0.4, 0.5) is 26.3 Å². The minimum absolute atomic E-state index is 2.04. The van der Waals surface area contributed by atoms with E-state index in [1.807, 2.05) is 0 Å². The maximum absolute atomic E-state index is 11.5. The quantitative estimate of drug-likeness (QED) is 0.393. The van der Waals surface area contributed by atoms with Gasteiger partial charge in [0.1, 0.15) is 0 Å². The van der Waals surface area contributed by atoms with Crippen molar-refractivity contribution in [1.29, 1.82) is 0 Å². The Hall–Kier alpha value is -0.500. The van der Waals surface area contributed by atoms with Crippen LogP contribution in [0.1, 0.15) is 0 Å². The molecule has 0 bridgehead atoms. The minimum atomic E-state index is -5.05. The lowest BCUT2D eigenvalue weighted by Crippen LogP contribution is -2.19. The van der Waals surface area contributed by atoms with Gasteiger partial charge in [-0.05, 0) is 0 Å². The summed E-state index contributed by atoms with van der Waals surface area (Å²) in [5, 5.41) is 0.0263. The van der Waals surface area contributed by atoms with Crippen LogP contribution in [0.2, 0.25) is 0 Å². The molecule has 0 N–H and O–H groups in total. The topological polar surface area (TPSA) is 24.7 Å². The lowest BCUT2D eigenvalue weighted by Gasteiger charge is -2.02. The Morgan fingerprint density at radius 2 is 0.929 bits per heavy atom. The summed E-state index contributed by atoms with van der Waals surface area (Å²) in [4.78, 5) is 0. The first-order valence-electron chi connectivity index (χ1n) is 2.66. The molecule has 82 valence electrons. The molecular weight excluding hydrogens is 261 g/mol. The summed E-state index contributed by atoms with van der Waals surface area (Å²) in [5.74, 6) is 0. The van der Waals surface area contributed by atoms with Gasteiger partial charge in [-0.2, -0.15) is 26.3 Å². The van der Waals surface area contributed by atoms with Crippen molar-refractivity contribution in [3.05, 3.63) is 0 Å². The van der Waals surface area contributed by atoms with Crippen LogP contribution < -0.4 is 0 Å². The van der Waals surface area contributed by atoms with Gasteiger partial charge in [0, 0.05) is 0 Å². The third-order valence-corrected chi connectivity index (χ3v) is 1.27. The van der Waals surface area contributed by atoms with E-state index in [4.69, 9.17) is 0 Å². The SMILES string of the molecule is FC(F)(F)/C(Cl)=N\N=C(\Cl)C(F)(F)F. The van der Waals surface area contributed by atoms with Crippen molar-refractivity contribution in [3.63, 3.8) is 0 Å². The first kappa shape index (κ1) is 13.5. The number of hydrogen-bond acceptors (Lipinski definition) is 2. The molecule has 0 unspecified atom stereocenters. The molecule has 0 heterocycles. The van der Waals surface area contributed by atoms with Crippen LogP contribution in [0.5, 0.6) is 0 Å². The molecule has 14 heavy (non-hydrogen) atoms. The molecule has 0 atom stereocenters. The lowest BCUT2D eigenvalue weighted by atomic mass is 10.7. The van der Waals surface area contributed by atoms with Crippen molar-refractivity contribution in [3.8, 4) is 0 Å². The molecule has 0 aliphatic rings.